The molecular formula is C21H22ClN3O3. The lowest BCUT2D eigenvalue weighted by Gasteiger charge is -2.26. The number of carbonyl (C=O) groups excluding carboxylic acids is 1. The van der Waals surface area contributed by atoms with Crippen molar-refractivity contribution >= 4 is 17.5 Å². The summed E-state index contributed by atoms with van der Waals surface area (Å²) in [5, 5.41) is 7.44. The average molecular weight is 400 g/mol. The zero-order valence-electron chi connectivity index (χ0n) is 16.0. The number of hydrogen-bond acceptors (Lipinski definition) is 5. The van der Waals surface area contributed by atoms with Gasteiger partial charge in [-0.25, -0.2) is 0 Å². The molecule has 0 aliphatic rings. The Morgan fingerprint density at radius 3 is 2.61 bits per heavy atom. The van der Waals surface area contributed by atoms with Crippen LogP contribution >= 0.6 is 11.6 Å². The smallest absolute Gasteiger partial charge is 0.273 e. The average Bonchev–Trinajstić information content (AvgIpc) is 3.19. The molecule has 7 heteroatoms. The fourth-order valence-corrected chi connectivity index (χ4v) is 3.05. The number of nitrogens with zero attached hydrogens (tertiary/aromatic N) is 2. The number of nitrogens with one attached hydrogen (secondary N) is 1. The van der Waals surface area contributed by atoms with Crippen molar-refractivity contribution in [1.29, 1.82) is 0 Å². The molecule has 2 aromatic carbocycles. The molecular weight excluding hydrogens is 378 g/mol. The van der Waals surface area contributed by atoms with Gasteiger partial charge in [-0.05, 0) is 44.4 Å². The summed E-state index contributed by atoms with van der Waals surface area (Å²) in [6.45, 7) is 0.398. The largest absolute Gasteiger partial charge is 0.496 e. The number of methoxy groups -OCH3 is 1. The van der Waals surface area contributed by atoms with Gasteiger partial charge in [0.05, 0.1) is 13.2 Å². The van der Waals surface area contributed by atoms with Gasteiger partial charge < -0.3 is 19.5 Å². The lowest BCUT2D eigenvalue weighted by molar-refractivity contribution is 0.0932. The lowest BCUT2D eigenvalue weighted by atomic mass is 10.0. The molecule has 3 aromatic rings. The van der Waals surface area contributed by atoms with E-state index < -0.39 is 0 Å². The third kappa shape index (κ3) is 4.52. The Morgan fingerprint density at radius 1 is 1.21 bits per heavy atom. The van der Waals surface area contributed by atoms with Gasteiger partial charge >= 0.3 is 0 Å². The molecule has 0 radical (unpaired) electrons. The van der Waals surface area contributed by atoms with Gasteiger partial charge in [0.15, 0.2) is 11.5 Å². The molecule has 28 heavy (non-hydrogen) atoms. The van der Waals surface area contributed by atoms with Crippen LogP contribution in [-0.2, 0) is 0 Å². The van der Waals surface area contributed by atoms with E-state index in [4.69, 9.17) is 20.9 Å². The maximum Gasteiger partial charge on any atom is 0.273 e. The number of benzene rings is 2. The van der Waals surface area contributed by atoms with Crippen molar-refractivity contribution in [2.24, 2.45) is 0 Å². The fraction of sp³-hybridized carbons (Fsp3) is 0.238. The van der Waals surface area contributed by atoms with Gasteiger partial charge in [0, 0.05) is 28.8 Å². The number of aromatic nitrogens is 1. The molecule has 0 aliphatic heterocycles. The Balaban J connectivity index is 1.71. The molecule has 1 heterocycles. The van der Waals surface area contributed by atoms with Crippen molar-refractivity contribution in [2.45, 2.75) is 6.04 Å². The van der Waals surface area contributed by atoms with Gasteiger partial charge in [-0.3, -0.25) is 4.79 Å². The first kappa shape index (κ1) is 19.9. The van der Waals surface area contributed by atoms with E-state index in [1.807, 2.05) is 55.4 Å². The third-order valence-electron chi connectivity index (χ3n) is 4.45. The van der Waals surface area contributed by atoms with Gasteiger partial charge in [0.25, 0.3) is 5.91 Å². The first-order chi connectivity index (χ1) is 13.5. The zero-order chi connectivity index (χ0) is 20.1. The first-order valence-corrected chi connectivity index (χ1v) is 9.17. The molecule has 0 saturated carbocycles. The van der Waals surface area contributed by atoms with Crippen LogP contribution in [-0.4, -0.2) is 43.7 Å². The minimum Gasteiger partial charge on any atom is -0.496 e. The summed E-state index contributed by atoms with van der Waals surface area (Å²) >= 11 is 5.90. The molecule has 1 aromatic heterocycles. The summed E-state index contributed by atoms with van der Waals surface area (Å²) in [6, 6.07) is 16.5. The van der Waals surface area contributed by atoms with Gasteiger partial charge in [-0.15, -0.1) is 0 Å². The zero-order valence-corrected chi connectivity index (χ0v) is 16.7. The SMILES string of the molecule is COc1ccccc1[C@@H](CNC(=O)c1cc(-c2ccc(Cl)cc2)on1)N(C)C. The van der Waals surface area contributed by atoms with Gasteiger partial charge in [-0.2, -0.15) is 0 Å². The van der Waals surface area contributed by atoms with E-state index in [2.05, 4.69) is 10.5 Å². The maximum atomic E-state index is 12.6. The maximum absolute atomic E-state index is 12.6. The van der Waals surface area contributed by atoms with E-state index in [0.717, 1.165) is 16.9 Å². The highest BCUT2D eigenvalue weighted by molar-refractivity contribution is 6.30. The number of para-hydroxylation sites is 1. The quantitative estimate of drug-likeness (QED) is 0.649. The van der Waals surface area contributed by atoms with E-state index in [9.17, 15) is 4.79 Å². The van der Waals surface area contributed by atoms with E-state index in [0.29, 0.717) is 17.3 Å². The Kier molecular flexibility index (Phi) is 6.34. The first-order valence-electron chi connectivity index (χ1n) is 8.79. The number of hydrogen-bond donors (Lipinski definition) is 1. The van der Waals surface area contributed by atoms with Crippen molar-refractivity contribution in [1.82, 2.24) is 15.4 Å². The van der Waals surface area contributed by atoms with Crippen LogP contribution in [0.15, 0.2) is 59.1 Å². The summed E-state index contributed by atoms with van der Waals surface area (Å²) in [4.78, 5) is 14.6. The number of halogens is 1. The summed E-state index contributed by atoms with van der Waals surface area (Å²) in [5.74, 6) is 0.989. The van der Waals surface area contributed by atoms with Crippen molar-refractivity contribution in [2.75, 3.05) is 27.7 Å². The summed E-state index contributed by atoms with van der Waals surface area (Å²) in [7, 11) is 5.55. The summed E-state index contributed by atoms with van der Waals surface area (Å²) < 4.78 is 10.8. The van der Waals surface area contributed by atoms with Crippen molar-refractivity contribution in [3.8, 4) is 17.1 Å². The molecule has 0 spiro atoms. The van der Waals surface area contributed by atoms with Crippen LogP contribution in [0.25, 0.3) is 11.3 Å². The Labute approximate surface area is 169 Å². The molecule has 3 rings (SSSR count). The van der Waals surface area contributed by atoms with Crippen molar-refractivity contribution < 1.29 is 14.1 Å². The highest BCUT2D eigenvalue weighted by atomic mass is 35.5. The molecule has 6 nitrogen and oxygen atoms in total. The number of rotatable bonds is 7. The normalized spacial score (nSPS) is 12.0. The topological polar surface area (TPSA) is 67.6 Å². The number of amides is 1. The third-order valence-corrected chi connectivity index (χ3v) is 4.70. The van der Waals surface area contributed by atoms with E-state index in [1.54, 1.807) is 25.3 Å². The van der Waals surface area contributed by atoms with Crippen LogP contribution in [0.4, 0.5) is 0 Å². The monoisotopic (exact) mass is 399 g/mol. The second-order valence-electron chi connectivity index (χ2n) is 6.51. The van der Waals surface area contributed by atoms with Crippen LogP contribution in [0.3, 0.4) is 0 Å². The molecule has 0 aliphatic carbocycles. The second kappa shape index (κ2) is 8.91. The van der Waals surface area contributed by atoms with Gasteiger partial charge in [-0.1, -0.05) is 35.0 Å². The van der Waals surface area contributed by atoms with Crippen LogP contribution in [0.1, 0.15) is 22.1 Å². The van der Waals surface area contributed by atoms with Crippen molar-refractivity contribution in [3.63, 3.8) is 0 Å². The number of carbonyl (C=O) groups is 1. The fourth-order valence-electron chi connectivity index (χ4n) is 2.92. The summed E-state index contributed by atoms with van der Waals surface area (Å²) in [5.41, 5.74) is 2.02. The molecule has 0 bridgehead atoms. The lowest BCUT2D eigenvalue weighted by Crippen LogP contribution is -2.34. The number of ether oxygens (including phenoxy) is 1. The van der Waals surface area contributed by atoms with E-state index in [-0.39, 0.29) is 17.6 Å². The standard InChI is InChI=1S/C21H22ClN3O3/c1-25(2)18(16-6-4-5-7-19(16)27-3)13-23-21(26)17-12-20(28-24-17)14-8-10-15(22)11-9-14/h4-12,18H,13H2,1-3H3,(H,23,26)/t18-/m1/s1. The summed E-state index contributed by atoms with van der Waals surface area (Å²) in [6.07, 6.45) is 0. The Hall–Kier alpha value is -2.83. The van der Waals surface area contributed by atoms with Crippen LogP contribution in [0.2, 0.25) is 5.02 Å². The van der Waals surface area contributed by atoms with Crippen molar-refractivity contribution in [3.05, 3.63) is 70.9 Å². The Bertz CT molecular complexity index is 938. The molecule has 146 valence electrons. The highest BCUT2D eigenvalue weighted by Crippen LogP contribution is 2.27. The van der Waals surface area contributed by atoms with Crippen LogP contribution < -0.4 is 10.1 Å². The predicted octanol–water partition coefficient (Wildman–Crippen LogP) is 4.04. The molecule has 1 amide bonds. The second-order valence-corrected chi connectivity index (χ2v) is 6.95. The molecule has 0 saturated heterocycles. The predicted molar refractivity (Wildman–Crippen MR) is 109 cm³/mol. The minimum atomic E-state index is -0.300. The van der Waals surface area contributed by atoms with Crippen LogP contribution in [0.5, 0.6) is 5.75 Å². The van der Waals surface area contributed by atoms with E-state index >= 15 is 0 Å². The molecule has 0 fully saturated rings. The highest BCUT2D eigenvalue weighted by Gasteiger charge is 2.20. The molecule has 1 atom stereocenters. The molecule has 0 unspecified atom stereocenters. The Morgan fingerprint density at radius 2 is 1.93 bits per heavy atom. The minimum absolute atomic E-state index is 0.0530. The number of likely N-dealkylation sites (N-methyl/N-ethyl adjacent to an activating group) is 1. The molecule has 1 N–H and O–H groups in total. The van der Waals surface area contributed by atoms with Gasteiger partial charge in [0.2, 0.25) is 0 Å². The van der Waals surface area contributed by atoms with Gasteiger partial charge in [0.1, 0.15) is 5.75 Å². The van der Waals surface area contributed by atoms with E-state index in [1.165, 1.54) is 0 Å². The van der Waals surface area contributed by atoms with Crippen LogP contribution in [0, 0.1) is 0 Å².